The number of hydrogen-bond acceptors (Lipinski definition) is 3. The number of nitrogens with zero attached hydrogens (tertiary/aromatic N) is 1. The number of ether oxygens (including phenoxy) is 2. The third kappa shape index (κ3) is 0.155. The van der Waals surface area contributed by atoms with Crippen LogP contribution in [0.3, 0.4) is 0 Å². The molecule has 4 heteroatoms. The first kappa shape index (κ1) is 11.3. The molecular weight excluding hydrogens is 342 g/mol. The average molecular weight is 371 g/mol. The van der Waals surface area contributed by atoms with Crippen LogP contribution < -0.4 is 0 Å². The molecular formula is C20H29FeNO2. The van der Waals surface area contributed by atoms with Crippen molar-refractivity contribution in [2.45, 2.75) is 92.3 Å². The van der Waals surface area contributed by atoms with Crippen LogP contribution in [0.4, 0.5) is 0 Å². The van der Waals surface area contributed by atoms with Crippen LogP contribution in [-0.2, 0) is 16.0 Å². The molecule has 0 aromatic heterocycles. The van der Waals surface area contributed by atoms with Crippen LogP contribution in [-0.4, -0.2) is 43.0 Å². The molecule has 0 aromatic carbocycles. The second-order valence-corrected chi connectivity index (χ2v) is 37.9. The fourth-order valence-electron chi connectivity index (χ4n) is 20.4. The minimum absolute atomic E-state index is 0.106. The zero-order chi connectivity index (χ0) is 16.2. The van der Waals surface area contributed by atoms with Crippen LogP contribution in [0.15, 0.2) is 0 Å². The third-order valence-corrected chi connectivity index (χ3v) is 61.7. The van der Waals surface area contributed by atoms with E-state index in [1.165, 1.54) is 45.1 Å². The second kappa shape index (κ2) is 1.12. The molecule has 11 fully saturated rings. The van der Waals surface area contributed by atoms with Crippen molar-refractivity contribution >= 4 is 0 Å². The Bertz CT molecular complexity index is 1250. The number of fused-ring (bicyclic) bond motifs is 10. The van der Waals surface area contributed by atoms with E-state index in [0.29, 0.717) is 4.31 Å². The second-order valence-electron chi connectivity index (χ2n) is 14.6. The summed E-state index contributed by atoms with van der Waals surface area (Å²) in [7, 11) is 4.68. The summed E-state index contributed by atoms with van der Waals surface area (Å²) < 4.78 is 15.3. The topological polar surface area (TPSA) is 21.7 Å². The predicted molar refractivity (Wildman–Crippen MR) is 88.1 cm³/mol. The monoisotopic (exact) mass is 371 g/mol. The van der Waals surface area contributed by atoms with Gasteiger partial charge in [0.15, 0.2) is 0 Å². The van der Waals surface area contributed by atoms with Crippen LogP contribution in [0.1, 0.15) is 27.7 Å². The molecule has 11 rings (SSSR count). The van der Waals surface area contributed by atoms with Gasteiger partial charge in [0.05, 0.1) is 0 Å². The molecule has 3 nitrogen and oxygen atoms in total. The summed E-state index contributed by atoms with van der Waals surface area (Å²) in [6, 6.07) is 0. The molecule has 134 valence electrons. The van der Waals surface area contributed by atoms with Crippen molar-refractivity contribution in [2.75, 3.05) is 20.6 Å². The summed E-state index contributed by atoms with van der Waals surface area (Å²) >= 11 is 0. The van der Waals surface area contributed by atoms with Crippen LogP contribution in [0.2, 0.25) is 47.2 Å². The van der Waals surface area contributed by atoms with Gasteiger partial charge in [-0.25, -0.2) is 0 Å². The first-order valence-electron chi connectivity index (χ1n) is 10.2. The molecule has 0 radical (unpaired) electrons. The molecule has 10 atom stereocenters. The van der Waals surface area contributed by atoms with Gasteiger partial charge in [-0.15, -0.1) is 0 Å². The van der Waals surface area contributed by atoms with Crippen LogP contribution in [0.5, 0.6) is 0 Å². The van der Waals surface area contributed by atoms with Crippen LogP contribution in [0, 0.1) is 0 Å². The Kier molecular flexibility index (Phi) is 0.527. The maximum absolute atomic E-state index is 6.92. The first-order chi connectivity index (χ1) is 10.9. The molecule has 11 aliphatic rings. The molecule has 11 heterocycles. The third-order valence-electron chi connectivity index (χ3n) is 18.2. The van der Waals surface area contributed by atoms with E-state index in [1.54, 1.807) is 0 Å². The normalized spacial score (nSPS) is 106. The minimum atomic E-state index is -3.45. The van der Waals surface area contributed by atoms with Crippen LogP contribution >= 0.6 is 0 Å². The molecule has 0 aliphatic carbocycles. The van der Waals surface area contributed by atoms with Crippen molar-refractivity contribution in [3.05, 3.63) is 0 Å². The summed E-state index contributed by atoms with van der Waals surface area (Å²) in [5, 5.41) is 0. The Morgan fingerprint density at radius 2 is 1.46 bits per heavy atom. The van der Waals surface area contributed by atoms with Gasteiger partial charge in [-0.3, -0.25) is 0 Å². The van der Waals surface area contributed by atoms with Crippen molar-refractivity contribution in [3.63, 3.8) is 0 Å². The SMILES string of the molecule is CC1OC(C)([C]23[CH]4[CH]5[CH]6[CH]2[Fe]56432789[CH]3[CH]2[CH]7[C]8(CN(C)C)[CH]39)OC1(C)C. The molecule has 10 unspecified atom stereocenters. The molecule has 1 spiro atoms. The van der Waals surface area contributed by atoms with Crippen molar-refractivity contribution < 1.29 is 16.0 Å². The standard InChI is InChI=1S/C12H17O2.C8H12N.Fe/c1-9-11(2,3)14-12(4,13-9)10-7-5-6-8-10;1-9(2)7-8-5-3-4-6-8;/h5-9H,1-4H3;3-6H,7H2,1-2H3;. The Labute approximate surface area is 134 Å². The summed E-state index contributed by atoms with van der Waals surface area (Å²) in [4.78, 5) is 12.7. The van der Waals surface area contributed by atoms with Crippen molar-refractivity contribution in [1.29, 1.82) is 0 Å². The summed E-state index contributed by atoms with van der Waals surface area (Å²) in [5.74, 6) is -0.218. The van der Waals surface area contributed by atoms with Gasteiger partial charge in [-0.2, -0.15) is 0 Å². The van der Waals surface area contributed by atoms with E-state index >= 15 is 0 Å². The van der Waals surface area contributed by atoms with Gasteiger partial charge in [-0.1, -0.05) is 0 Å². The fraction of sp³-hybridized carbons (Fsp3) is 1.00. The number of hydrogen-bond donors (Lipinski definition) is 0. The summed E-state index contributed by atoms with van der Waals surface area (Å²) in [6.45, 7) is 7.20. The molecule has 0 amide bonds. The molecule has 0 N–H and O–H groups in total. The molecule has 24 heavy (non-hydrogen) atoms. The first-order valence-corrected chi connectivity index (χ1v) is 16.4. The van der Waals surface area contributed by atoms with Gasteiger partial charge in [0.1, 0.15) is 0 Å². The van der Waals surface area contributed by atoms with Crippen molar-refractivity contribution in [3.8, 4) is 0 Å². The van der Waals surface area contributed by atoms with Gasteiger partial charge in [0.25, 0.3) is 0 Å². The van der Waals surface area contributed by atoms with E-state index in [4.69, 9.17) is 9.47 Å². The summed E-state index contributed by atoms with van der Waals surface area (Å²) in [5.41, 5.74) is -0.106. The van der Waals surface area contributed by atoms with Gasteiger partial charge in [0, 0.05) is 0 Å². The molecule has 0 saturated carbocycles. The van der Waals surface area contributed by atoms with E-state index < -0.39 is 6.51 Å². The Morgan fingerprint density at radius 1 is 0.917 bits per heavy atom. The quantitative estimate of drug-likeness (QED) is 0.677. The van der Waals surface area contributed by atoms with Gasteiger partial charge >= 0.3 is 134 Å². The average Bonchev–Trinajstić information content (AvgIpc) is 3.37. The van der Waals surface area contributed by atoms with E-state index in [0.717, 1.165) is 4.31 Å². The van der Waals surface area contributed by atoms with Crippen LogP contribution in [0.25, 0.3) is 0 Å². The predicted octanol–water partition coefficient (Wildman–Crippen LogP) is 4.61. The summed E-state index contributed by atoms with van der Waals surface area (Å²) in [6.07, 6.45) is 0.243. The maximum atomic E-state index is 6.92. The zero-order valence-electron chi connectivity index (χ0n) is 15.5. The Morgan fingerprint density at radius 3 is 1.83 bits per heavy atom. The Balaban J connectivity index is 1.30. The molecule has 11 saturated heterocycles. The number of rotatable bonds is 3. The zero-order valence-corrected chi connectivity index (χ0v) is 16.6. The van der Waals surface area contributed by atoms with Gasteiger partial charge in [-0.05, 0) is 0 Å². The van der Waals surface area contributed by atoms with Crippen molar-refractivity contribution in [1.82, 2.24) is 4.90 Å². The van der Waals surface area contributed by atoms with E-state index in [2.05, 4.69) is 46.7 Å². The van der Waals surface area contributed by atoms with Gasteiger partial charge < -0.3 is 0 Å². The van der Waals surface area contributed by atoms with E-state index in [9.17, 15) is 0 Å². The molecule has 0 aromatic rings. The van der Waals surface area contributed by atoms with E-state index in [1.807, 2.05) is 0 Å². The van der Waals surface area contributed by atoms with Gasteiger partial charge in [0.2, 0.25) is 0 Å². The van der Waals surface area contributed by atoms with E-state index in [-0.39, 0.29) is 17.5 Å². The molecule has 11 aliphatic heterocycles. The molecule has 0 bridgehead atoms. The Hall–Kier alpha value is 0.399. The fourth-order valence-corrected chi connectivity index (χ4v) is 98.4. The van der Waals surface area contributed by atoms with Crippen molar-refractivity contribution in [2.24, 2.45) is 0 Å².